The summed E-state index contributed by atoms with van der Waals surface area (Å²) in [6.07, 6.45) is 7.24. The van der Waals surface area contributed by atoms with E-state index >= 15 is 0 Å². The third kappa shape index (κ3) is 4.33. The number of nitriles is 1. The van der Waals surface area contributed by atoms with Crippen LogP contribution in [0.4, 0.5) is 0 Å². The zero-order valence-corrected chi connectivity index (χ0v) is 11.4. The smallest absolute Gasteiger partial charge is 0.0669 e. The van der Waals surface area contributed by atoms with Crippen molar-refractivity contribution in [3.05, 3.63) is 35.4 Å². The van der Waals surface area contributed by atoms with E-state index in [1.807, 2.05) is 6.07 Å². The predicted octanol–water partition coefficient (Wildman–Crippen LogP) is 0.179. The number of halogens is 1. The summed E-state index contributed by atoms with van der Waals surface area (Å²) in [6, 6.07) is 11.2. The number of hydrogen-bond donors (Lipinski definition) is 1. The van der Waals surface area contributed by atoms with Gasteiger partial charge in [0, 0.05) is 12.6 Å². The van der Waals surface area contributed by atoms with Gasteiger partial charge >= 0.3 is 0 Å². The Bertz CT molecular complexity index is 392. The SMILES string of the molecule is N#CCc1ccccc1CNC1CCCCC1.[Cl-]. The van der Waals surface area contributed by atoms with Crippen molar-refractivity contribution in [3.8, 4) is 6.07 Å². The van der Waals surface area contributed by atoms with Crippen LogP contribution in [0.25, 0.3) is 0 Å². The maximum atomic E-state index is 8.79. The van der Waals surface area contributed by atoms with Gasteiger partial charge in [-0.25, -0.2) is 0 Å². The van der Waals surface area contributed by atoms with Crippen molar-refractivity contribution in [1.82, 2.24) is 5.32 Å². The molecule has 0 radical (unpaired) electrons. The fraction of sp³-hybridized carbons (Fsp3) is 0.533. The van der Waals surface area contributed by atoms with Crippen LogP contribution in [0.15, 0.2) is 24.3 Å². The van der Waals surface area contributed by atoms with Crippen molar-refractivity contribution in [1.29, 1.82) is 5.26 Å². The van der Waals surface area contributed by atoms with Gasteiger partial charge in [-0.05, 0) is 24.0 Å². The molecule has 2 nitrogen and oxygen atoms in total. The summed E-state index contributed by atoms with van der Waals surface area (Å²) < 4.78 is 0. The van der Waals surface area contributed by atoms with Gasteiger partial charge in [0.2, 0.25) is 0 Å². The van der Waals surface area contributed by atoms with Crippen LogP contribution in [0.1, 0.15) is 43.2 Å². The molecule has 0 saturated heterocycles. The molecule has 0 unspecified atom stereocenters. The van der Waals surface area contributed by atoms with Crippen LogP contribution in [0.2, 0.25) is 0 Å². The van der Waals surface area contributed by atoms with Crippen molar-refractivity contribution in [2.45, 2.75) is 51.1 Å². The topological polar surface area (TPSA) is 35.8 Å². The number of nitrogens with zero attached hydrogens (tertiary/aromatic N) is 1. The molecule has 0 heterocycles. The Labute approximate surface area is 116 Å². The number of hydrogen-bond acceptors (Lipinski definition) is 2. The van der Waals surface area contributed by atoms with Gasteiger partial charge in [0.15, 0.2) is 0 Å². The minimum atomic E-state index is 0. The maximum Gasteiger partial charge on any atom is 0.0669 e. The van der Waals surface area contributed by atoms with Crippen molar-refractivity contribution in [2.75, 3.05) is 0 Å². The van der Waals surface area contributed by atoms with Gasteiger partial charge in [-0.15, -0.1) is 0 Å². The average molecular weight is 264 g/mol. The van der Waals surface area contributed by atoms with Crippen molar-refractivity contribution >= 4 is 0 Å². The monoisotopic (exact) mass is 263 g/mol. The molecule has 98 valence electrons. The Kier molecular flexibility index (Phi) is 6.78. The molecular formula is C15H20ClN2-. The Hall–Kier alpha value is -1.04. The summed E-state index contributed by atoms with van der Waals surface area (Å²) >= 11 is 0. The Balaban J connectivity index is 0.00000162. The Morgan fingerprint density at radius 2 is 1.78 bits per heavy atom. The Morgan fingerprint density at radius 3 is 2.44 bits per heavy atom. The quantitative estimate of drug-likeness (QED) is 0.841. The van der Waals surface area contributed by atoms with Gasteiger partial charge < -0.3 is 17.7 Å². The molecule has 1 aliphatic carbocycles. The van der Waals surface area contributed by atoms with Crippen LogP contribution in [0.5, 0.6) is 0 Å². The van der Waals surface area contributed by atoms with E-state index in [9.17, 15) is 0 Å². The predicted molar refractivity (Wildman–Crippen MR) is 69.5 cm³/mol. The van der Waals surface area contributed by atoms with Crippen molar-refractivity contribution < 1.29 is 12.4 Å². The molecule has 1 aliphatic rings. The van der Waals surface area contributed by atoms with E-state index in [0.29, 0.717) is 12.5 Å². The molecule has 1 N–H and O–H groups in total. The molecular weight excluding hydrogens is 244 g/mol. The molecule has 3 heteroatoms. The van der Waals surface area contributed by atoms with E-state index in [1.165, 1.54) is 43.2 Å². The second-order valence-electron chi connectivity index (χ2n) is 4.82. The first-order chi connectivity index (χ1) is 8.40. The van der Waals surface area contributed by atoms with Crippen LogP contribution >= 0.6 is 0 Å². The van der Waals surface area contributed by atoms with Crippen LogP contribution in [0, 0.1) is 11.3 Å². The highest BCUT2D eigenvalue weighted by atomic mass is 35.5. The summed E-state index contributed by atoms with van der Waals surface area (Å²) in [6.45, 7) is 0.905. The molecule has 18 heavy (non-hydrogen) atoms. The van der Waals surface area contributed by atoms with Gasteiger partial charge in [0.05, 0.1) is 12.5 Å². The zero-order chi connectivity index (χ0) is 11.9. The lowest BCUT2D eigenvalue weighted by atomic mass is 9.95. The van der Waals surface area contributed by atoms with Crippen LogP contribution in [0.3, 0.4) is 0 Å². The highest BCUT2D eigenvalue weighted by Gasteiger charge is 2.12. The van der Waals surface area contributed by atoms with Crippen LogP contribution < -0.4 is 17.7 Å². The first-order valence-corrected chi connectivity index (χ1v) is 6.57. The summed E-state index contributed by atoms with van der Waals surface area (Å²) in [4.78, 5) is 0. The lowest BCUT2D eigenvalue weighted by Crippen LogP contribution is -3.00. The zero-order valence-electron chi connectivity index (χ0n) is 10.7. The summed E-state index contributed by atoms with van der Waals surface area (Å²) in [7, 11) is 0. The summed E-state index contributed by atoms with van der Waals surface area (Å²) in [5, 5.41) is 12.4. The van der Waals surface area contributed by atoms with Crippen molar-refractivity contribution in [2.24, 2.45) is 0 Å². The van der Waals surface area contributed by atoms with Crippen LogP contribution in [-0.2, 0) is 13.0 Å². The minimum absolute atomic E-state index is 0. The summed E-state index contributed by atoms with van der Waals surface area (Å²) in [5.41, 5.74) is 2.44. The van der Waals surface area contributed by atoms with Crippen LogP contribution in [-0.4, -0.2) is 6.04 Å². The molecule has 0 bridgehead atoms. The highest BCUT2D eigenvalue weighted by Crippen LogP contribution is 2.18. The van der Waals surface area contributed by atoms with Gasteiger partial charge in [0.1, 0.15) is 0 Å². The highest BCUT2D eigenvalue weighted by molar-refractivity contribution is 5.29. The number of nitrogens with one attached hydrogen (secondary N) is 1. The second-order valence-corrected chi connectivity index (χ2v) is 4.82. The molecule has 1 aromatic carbocycles. The van der Waals surface area contributed by atoms with Gasteiger partial charge in [-0.3, -0.25) is 0 Å². The lowest BCUT2D eigenvalue weighted by molar-refractivity contribution is -0.00000387. The first-order valence-electron chi connectivity index (χ1n) is 6.57. The fourth-order valence-corrected chi connectivity index (χ4v) is 2.55. The molecule has 2 rings (SSSR count). The standard InChI is InChI=1S/C15H20N2.ClH/c16-11-10-13-6-4-5-7-14(13)12-17-15-8-2-1-3-9-15;/h4-7,15,17H,1-3,8-10,12H2;1H/p-1. The molecule has 1 aromatic rings. The van der Waals surface area contributed by atoms with Gasteiger partial charge in [0.25, 0.3) is 0 Å². The third-order valence-corrected chi connectivity index (χ3v) is 3.57. The van der Waals surface area contributed by atoms with E-state index in [2.05, 4.69) is 29.6 Å². The average Bonchev–Trinajstić information content (AvgIpc) is 2.39. The van der Waals surface area contributed by atoms with E-state index in [0.717, 1.165) is 6.54 Å². The van der Waals surface area contributed by atoms with Crippen molar-refractivity contribution in [3.63, 3.8) is 0 Å². The lowest BCUT2D eigenvalue weighted by Gasteiger charge is -2.23. The molecule has 1 saturated carbocycles. The molecule has 0 aromatic heterocycles. The normalized spacial score (nSPS) is 15.7. The van der Waals surface area contributed by atoms with E-state index in [1.54, 1.807) is 0 Å². The third-order valence-electron chi connectivity index (χ3n) is 3.57. The molecule has 0 atom stereocenters. The van der Waals surface area contributed by atoms with Gasteiger partial charge in [-0.2, -0.15) is 5.26 Å². The minimum Gasteiger partial charge on any atom is -1.00 e. The Morgan fingerprint density at radius 1 is 1.11 bits per heavy atom. The number of rotatable bonds is 4. The second kappa shape index (κ2) is 8.13. The molecule has 1 fully saturated rings. The number of benzene rings is 1. The maximum absolute atomic E-state index is 8.79. The molecule has 0 amide bonds. The largest absolute Gasteiger partial charge is 1.00 e. The molecule has 0 aliphatic heterocycles. The fourth-order valence-electron chi connectivity index (χ4n) is 2.55. The summed E-state index contributed by atoms with van der Waals surface area (Å²) in [5.74, 6) is 0. The van der Waals surface area contributed by atoms with E-state index in [4.69, 9.17) is 5.26 Å². The van der Waals surface area contributed by atoms with E-state index in [-0.39, 0.29) is 12.4 Å². The first kappa shape index (κ1) is 15.0. The molecule has 0 spiro atoms. The van der Waals surface area contributed by atoms with E-state index < -0.39 is 0 Å². The van der Waals surface area contributed by atoms with Gasteiger partial charge in [-0.1, -0.05) is 43.5 Å².